The molecule has 0 fully saturated rings. The number of rotatable bonds is 3. The molecule has 0 aliphatic heterocycles. The molecule has 0 aromatic carbocycles. The van der Waals surface area contributed by atoms with Crippen molar-refractivity contribution >= 4 is 44.5 Å². The summed E-state index contributed by atoms with van der Waals surface area (Å²) in [7, 11) is 0. The third kappa shape index (κ3) is 2.93. The van der Waals surface area contributed by atoms with Crippen LogP contribution in [0.2, 0.25) is 0 Å². The van der Waals surface area contributed by atoms with E-state index in [0.717, 1.165) is 8.66 Å². The van der Waals surface area contributed by atoms with Crippen LogP contribution >= 0.6 is 38.6 Å². The molecule has 5 heteroatoms. The van der Waals surface area contributed by atoms with E-state index >= 15 is 0 Å². The summed E-state index contributed by atoms with van der Waals surface area (Å²) in [6.07, 6.45) is 0. The summed E-state index contributed by atoms with van der Waals surface area (Å²) in [6, 6.07) is 7.82. The van der Waals surface area contributed by atoms with Crippen LogP contribution in [0.15, 0.2) is 28.1 Å². The van der Waals surface area contributed by atoms with E-state index in [1.54, 1.807) is 11.3 Å². The van der Waals surface area contributed by atoms with Crippen molar-refractivity contribution in [3.05, 3.63) is 42.7 Å². The van der Waals surface area contributed by atoms with Crippen LogP contribution in [0.4, 0.5) is 0 Å². The highest BCUT2D eigenvalue weighted by Crippen LogP contribution is 2.22. The van der Waals surface area contributed by atoms with Crippen molar-refractivity contribution in [2.24, 2.45) is 0 Å². The van der Waals surface area contributed by atoms with Crippen LogP contribution in [-0.2, 0) is 6.54 Å². The summed E-state index contributed by atoms with van der Waals surface area (Å²) in [6.45, 7) is 2.67. The van der Waals surface area contributed by atoms with Crippen LogP contribution < -0.4 is 5.32 Å². The smallest absolute Gasteiger partial charge is 0.261 e. The minimum Gasteiger partial charge on any atom is -0.346 e. The first-order valence-electron chi connectivity index (χ1n) is 4.74. The van der Waals surface area contributed by atoms with Gasteiger partial charge < -0.3 is 5.32 Å². The quantitative estimate of drug-likeness (QED) is 0.916. The largest absolute Gasteiger partial charge is 0.346 e. The lowest BCUT2D eigenvalue weighted by molar-refractivity contribution is 0.0955. The summed E-state index contributed by atoms with van der Waals surface area (Å²) in [5.41, 5.74) is 0. The second-order valence-corrected chi connectivity index (χ2v) is 7.13. The molecule has 0 unspecified atom stereocenters. The van der Waals surface area contributed by atoms with Crippen molar-refractivity contribution < 1.29 is 4.79 Å². The van der Waals surface area contributed by atoms with Gasteiger partial charge in [0.2, 0.25) is 0 Å². The Kier molecular flexibility index (Phi) is 3.78. The monoisotopic (exact) mass is 315 g/mol. The van der Waals surface area contributed by atoms with Crippen molar-refractivity contribution in [2.45, 2.75) is 13.5 Å². The first-order valence-corrected chi connectivity index (χ1v) is 7.16. The maximum atomic E-state index is 11.7. The first-order chi connectivity index (χ1) is 7.65. The van der Waals surface area contributed by atoms with E-state index < -0.39 is 0 Å². The Morgan fingerprint density at radius 3 is 2.69 bits per heavy atom. The number of hydrogen-bond acceptors (Lipinski definition) is 3. The molecule has 0 atom stereocenters. The van der Waals surface area contributed by atoms with Crippen molar-refractivity contribution in [3.63, 3.8) is 0 Å². The van der Waals surface area contributed by atoms with Gasteiger partial charge in [-0.3, -0.25) is 4.79 Å². The number of carbonyl (C=O) groups excluding carboxylic acids is 1. The van der Waals surface area contributed by atoms with E-state index in [9.17, 15) is 4.79 Å². The summed E-state index contributed by atoms with van der Waals surface area (Å²) >= 11 is 6.49. The third-order valence-electron chi connectivity index (χ3n) is 2.02. The first kappa shape index (κ1) is 11.8. The highest BCUT2D eigenvalue weighted by Gasteiger charge is 2.08. The van der Waals surface area contributed by atoms with Gasteiger partial charge in [0.15, 0.2) is 0 Å². The molecule has 2 heterocycles. The van der Waals surface area contributed by atoms with Crippen molar-refractivity contribution in [2.75, 3.05) is 0 Å². The molecule has 1 N–H and O–H groups in total. The van der Waals surface area contributed by atoms with Crippen LogP contribution in [0.5, 0.6) is 0 Å². The fourth-order valence-corrected chi connectivity index (χ4v) is 3.40. The van der Waals surface area contributed by atoms with E-state index in [4.69, 9.17) is 0 Å². The summed E-state index contributed by atoms with van der Waals surface area (Å²) in [5, 5.41) is 2.90. The van der Waals surface area contributed by atoms with Crippen LogP contribution in [0.3, 0.4) is 0 Å². The molecule has 1 amide bonds. The predicted octanol–water partition coefficient (Wildman–Crippen LogP) is 3.81. The number of thiophene rings is 2. The second kappa shape index (κ2) is 5.12. The number of amides is 1. The minimum absolute atomic E-state index is 0.0123. The lowest BCUT2D eigenvalue weighted by atomic mass is 10.4. The maximum Gasteiger partial charge on any atom is 0.261 e. The van der Waals surface area contributed by atoms with Crippen LogP contribution in [0, 0.1) is 6.92 Å². The lowest BCUT2D eigenvalue weighted by Crippen LogP contribution is -2.21. The number of nitrogens with one attached hydrogen (secondary N) is 1. The van der Waals surface area contributed by atoms with Gasteiger partial charge >= 0.3 is 0 Å². The standard InChI is InChI=1S/C11H10BrNOS2/c1-7-2-3-8(15-7)6-13-11(14)9-4-5-10(12)16-9/h2-5H,6H2,1H3,(H,13,14). The molecule has 0 spiro atoms. The Hall–Kier alpha value is -0.650. The highest BCUT2D eigenvalue weighted by atomic mass is 79.9. The van der Waals surface area contributed by atoms with Crippen molar-refractivity contribution in [1.82, 2.24) is 5.32 Å². The zero-order valence-corrected chi connectivity index (χ0v) is 11.8. The molecule has 2 rings (SSSR count). The molecular weight excluding hydrogens is 306 g/mol. The van der Waals surface area contributed by atoms with Gasteiger partial charge in [-0.25, -0.2) is 0 Å². The molecule has 0 saturated carbocycles. The average Bonchev–Trinajstić information content (AvgIpc) is 2.84. The zero-order valence-electron chi connectivity index (χ0n) is 8.62. The Labute approximate surface area is 110 Å². The fourth-order valence-electron chi connectivity index (χ4n) is 1.27. The average molecular weight is 316 g/mol. The van der Waals surface area contributed by atoms with Gasteiger partial charge in [0.05, 0.1) is 15.2 Å². The fraction of sp³-hybridized carbons (Fsp3) is 0.182. The normalized spacial score (nSPS) is 10.4. The molecule has 0 radical (unpaired) electrons. The van der Waals surface area contributed by atoms with Crippen LogP contribution in [0.25, 0.3) is 0 Å². The van der Waals surface area contributed by atoms with Crippen molar-refractivity contribution in [3.8, 4) is 0 Å². The van der Waals surface area contributed by atoms with E-state index in [0.29, 0.717) is 6.54 Å². The molecule has 0 bridgehead atoms. The Morgan fingerprint density at radius 2 is 2.12 bits per heavy atom. The Bertz CT molecular complexity index is 504. The lowest BCUT2D eigenvalue weighted by Gasteiger charge is -2.00. The predicted molar refractivity (Wildman–Crippen MR) is 72.2 cm³/mol. The van der Waals surface area contributed by atoms with Gasteiger partial charge in [-0.15, -0.1) is 22.7 Å². The van der Waals surface area contributed by atoms with Gasteiger partial charge in [0.1, 0.15) is 0 Å². The van der Waals surface area contributed by atoms with Gasteiger partial charge in [0.25, 0.3) is 5.91 Å². The summed E-state index contributed by atoms with van der Waals surface area (Å²) in [5.74, 6) is -0.0123. The SMILES string of the molecule is Cc1ccc(CNC(=O)c2ccc(Br)s2)s1. The Balaban J connectivity index is 1.93. The summed E-state index contributed by atoms with van der Waals surface area (Å²) in [4.78, 5) is 14.9. The molecule has 0 aliphatic rings. The summed E-state index contributed by atoms with van der Waals surface area (Å²) < 4.78 is 0.976. The topological polar surface area (TPSA) is 29.1 Å². The van der Waals surface area contributed by atoms with Crippen LogP contribution in [-0.4, -0.2) is 5.91 Å². The molecule has 84 valence electrons. The molecule has 0 aliphatic carbocycles. The third-order valence-corrected chi connectivity index (χ3v) is 4.64. The molecular formula is C11H10BrNOS2. The van der Waals surface area contributed by atoms with Crippen LogP contribution in [0.1, 0.15) is 19.4 Å². The maximum absolute atomic E-state index is 11.7. The van der Waals surface area contributed by atoms with E-state index in [-0.39, 0.29) is 5.91 Å². The molecule has 2 aromatic heterocycles. The zero-order chi connectivity index (χ0) is 11.5. The second-order valence-electron chi connectivity index (χ2n) is 3.30. The van der Waals surface area contributed by atoms with Gasteiger partial charge in [-0.05, 0) is 47.1 Å². The Morgan fingerprint density at radius 1 is 1.31 bits per heavy atom. The number of hydrogen-bond donors (Lipinski definition) is 1. The van der Waals surface area contributed by atoms with E-state index in [1.807, 2.05) is 18.2 Å². The number of carbonyl (C=O) groups is 1. The van der Waals surface area contributed by atoms with E-state index in [2.05, 4.69) is 34.2 Å². The van der Waals surface area contributed by atoms with Crippen molar-refractivity contribution in [1.29, 1.82) is 0 Å². The molecule has 2 aromatic rings. The number of aryl methyl sites for hydroxylation is 1. The van der Waals surface area contributed by atoms with Gasteiger partial charge in [-0.2, -0.15) is 0 Å². The number of halogens is 1. The van der Waals surface area contributed by atoms with Gasteiger partial charge in [-0.1, -0.05) is 0 Å². The van der Waals surface area contributed by atoms with E-state index in [1.165, 1.54) is 21.1 Å². The molecule has 0 saturated heterocycles. The minimum atomic E-state index is -0.0123. The molecule has 16 heavy (non-hydrogen) atoms. The highest BCUT2D eigenvalue weighted by molar-refractivity contribution is 9.11. The van der Waals surface area contributed by atoms with Gasteiger partial charge in [0, 0.05) is 9.75 Å². The molecule has 2 nitrogen and oxygen atoms in total.